The molecular formula is C20H19N3O4. The Morgan fingerprint density at radius 3 is 2.67 bits per heavy atom. The van der Waals surface area contributed by atoms with E-state index in [2.05, 4.69) is 4.98 Å². The molecule has 0 saturated carbocycles. The number of hydrogen-bond donors (Lipinski definition) is 2. The number of aryl methyl sites for hydroxylation is 3. The van der Waals surface area contributed by atoms with Gasteiger partial charge in [0.1, 0.15) is 16.8 Å². The second kappa shape index (κ2) is 6.35. The smallest absolute Gasteiger partial charge is 0.277 e. The predicted molar refractivity (Wildman–Crippen MR) is 103 cm³/mol. The van der Waals surface area contributed by atoms with Crippen LogP contribution in [-0.4, -0.2) is 31.4 Å². The van der Waals surface area contributed by atoms with Gasteiger partial charge >= 0.3 is 0 Å². The fourth-order valence-corrected chi connectivity index (χ4v) is 3.36. The molecule has 7 nitrogen and oxygen atoms in total. The number of phenolic OH excluding ortho intramolecular Hbond substituents is 2. The van der Waals surface area contributed by atoms with Crippen molar-refractivity contribution in [3.63, 3.8) is 0 Å². The van der Waals surface area contributed by atoms with Crippen LogP contribution < -0.4 is 10.3 Å². The van der Waals surface area contributed by atoms with Crippen LogP contribution in [0.5, 0.6) is 17.2 Å². The van der Waals surface area contributed by atoms with E-state index in [-0.39, 0.29) is 17.1 Å². The zero-order valence-electron chi connectivity index (χ0n) is 15.0. The van der Waals surface area contributed by atoms with E-state index < -0.39 is 0 Å². The number of aromatic nitrogens is 3. The summed E-state index contributed by atoms with van der Waals surface area (Å²) >= 11 is 0. The van der Waals surface area contributed by atoms with Crippen LogP contribution in [-0.2, 0) is 20.0 Å². The molecule has 7 heteroatoms. The molecule has 0 aliphatic carbocycles. The van der Waals surface area contributed by atoms with Crippen LogP contribution in [0.25, 0.3) is 21.9 Å². The number of aromatic hydroxyl groups is 2. The molecule has 2 heterocycles. The number of nitrogens with zero attached hydrogens (tertiary/aromatic N) is 3. The third-order valence-electron chi connectivity index (χ3n) is 4.85. The molecule has 0 fully saturated rings. The van der Waals surface area contributed by atoms with Crippen LogP contribution in [0, 0.1) is 0 Å². The highest BCUT2D eigenvalue weighted by molar-refractivity contribution is 6.05. The minimum absolute atomic E-state index is 0.124. The maximum absolute atomic E-state index is 13.0. The van der Waals surface area contributed by atoms with Crippen LogP contribution in [0.1, 0.15) is 5.56 Å². The van der Waals surface area contributed by atoms with Crippen molar-refractivity contribution in [3.8, 4) is 17.2 Å². The van der Waals surface area contributed by atoms with Gasteiger partial charge in [0.2, 0.25) is 0 Å². The Bertz CT molecular complexity index is 1220. The first-order chi connectivity index (χ1) is 13.0. The van der Waals surface area contributed by atoms with Crippen molar-refractivity contribution in [1.82, 2.24) is 14.1 Å². The van der Waals surface area contributed by atoms with E-state index in [1.807, 2.05) is 29.8 Å². The Morgan fingerprint density at radius 2 is 1.93 bits per heavy atom. The van der Waals surface area contributed by atoms with Gasteiger partial charge < -0.3 is 19.5 Å². The third kappa shape index (κ3) is 2.77. The SMILES string of the molecule is COc1ccc2c(c1)c1ncn(CCc3ccc(O)c(O)c3)c(=O)c1n2C. The number of rotatable bonds is 4. The van der Waals surface area contributed by atoms with Crippen molar-refractivity contribution in [3.05, 3.63) is 58.6 Å². The van der Waals surface area contributed by atoms with Crippen molar-refractivity contribution in [2.45, 2.75) is 13.0 Å². The van der Waals surface area contributed by atoms with E-state index in [9.17, 15) is 15.0 Å². The second-order valence-corrected chi connectivity index (χ2v) is 6.46. The Morgan fingerprint density at radius 1 is 1.11 bits per heavy atom. The monoisotopic (exact) mass is 365 g/mol. The molecule has 0 radical (unpaired) electrons. The molecule has 0 unspecified atom stereocenters. The highest BCUT2D eigenvalue weighted by Gasteiger charge is 2.15. The lowest BCUT2D eigenvalue weighted by molar-refractivity contribution is 0.403. The average molecular weight is 365 g/mol. The van der Waals surface area contributed by atoms with Crippen LogP contribution in [0.3, 0.4) is 0 Å². The van der Waals surface area contributed by atoms with E-state index in [1.54, 1.807) is 24.1 Å². The van der Waals surface area contributed by atoms with Gasteiger partial charge in [-0.2, -0.15) is 0 Å². The normalized spacial score (nSPS) is 11.3. The van der Waals surface area contributed by atoms with Gasteiger partial charge in [0.05, 0.1) is 19.0 Å². The van der Waals surface area contributed by atoms with Gasteiger partial charge in [-0.15, -0.1) is 0 Å². The van der Waals surface area contributed by atoms with Gasteiger partial charge in [0.15, 0.2) is 11.5 Å². The maximum Gasteiger partial charge on any atom is 0.277 e. The molecule has 2 aromatic heterocycles. The molecule has 4 aromatic rings. The van der Waals surface area contributed by atoms with Gasteiger partial charge in [0, 0.05) is 19.0 Å². The summed E-state index contributed by atoms with van der Waals surface area (Å²) in [7, 11) is 3.45. The molecular weight excluding hydrogens is 346 g/mol. The summed E-state index contributed by atoms with van der Waals surface area (Å²) in [5.41, 5.74) is 2.79. The minimum Gasteiger partial charge on any atom is -0.504 e. The van der Waals surface area contributed by atoms with Crippen molar-refractivity contribution in [2.75, 3.05) is 7.11 Å². The Kier molecular flexibility index (Phi) is 3.99. The zero-order valence-corrected chi connectivity index (χ0v) is 15.0. The summed E-state index contributed by atoms with van der Waals surface area (Å²) in [6.45, 7) is 0.414. The van der Waals surface area contributed by atoms with E-state index in [0.717, 1.165) is 16.5 Å². The van der Waals surface area contributed by atoms with Gasteiger partial charge in [-0.05, 0) is 42.3 Å². The molecule has 2 N–H and O–H groups in total. The lowest BCUT2D eigenvalue weighted by Crippen LogP contribution is -2.22. The number of phenols is 2. The standard InChI is InChI=1S/C20H19N3O4/c1-22-15-5-4-13(27-2)10-14(15)18-19(22)20(26)23(11-21-18)8-7-12-3-6-16(24)17(25)9-12/h3-6,9-11,24-25H,7-8H2,1-2H3. The summed E-state index contributed by atoms with van der Waals surface area (Å²) in [5.74, 6) is 0.383. The average Bonchev–Trinajstić information content (AvgIpc) is 2.96. The lowest BCUT2D eigenvalue weighted by atomic mass is 10.1. The van der Waals surface area contributed by atoms with Crippen molar-refractivity contribution >= 4 is 21.9 Å². The van der Waals surface area contributed by atoms with E-state index in [1.165, 1.54) is 12.1 Å². The summed E-state index contributed by atoms with van der Waals surface area (Å²) in [5, 5.41) is 19.9. The third-order valence-corrected chi connectivity index (χ3v) is 4.85. The lowest BCUT2D eigenvalue weighted by Gasteiger charge is -2.07. The first kappa shape index (κ1) is 17.0. The fourth-order valence-electron chi connectivity index (χ4n) is 3.36. The number of fused-ring (bicyclic) bond motifs is 3. The number of benzene rings is 2. The van der Waals surface area contributed by atoms with Crippen LogP contribution in [0.15, 0.2) is 47.5 Å². The summed E-state index contributed by atoms with van der Waals surface area (Å²) in [6, 6.07) is 10.3. The van der Waals surface area contributed by atoms with Crippen LogP contribution in [0.4, 0.5) is 0 Å². The first-order valence-corrected chi connectivity index (χ1v) is 8.52. The topological polar surface area (TPSA) is 89.5 Å². The van der Waals surface area contributed by atoms with Gasteiger partial charge in [-0.25, -0.2) is 4.98 Å². The Hall–Kier alpha value is -3.48. The molecule has 0 aliphatic heterocycles. The molecule has 0 aliphatic rings. The van der Waals surface area contributed by atoms with E-state index in [0.29, 0.717) is 29.7 Å². The van der Waals surface area contributed by atoms with Crippen LogP contribution >= 0.6 is 0 Å². The molecule has 138 valence electrons. The largest absolute Gasteiger partial charge is 0.504 e. The summed E-state index contributed by atoms with van der Waals surface area (Å²) < 4.78 is 8.69. The first-order valence-electron chi connectivity index (χ1n) is 8.52. The van der Waals surface area contributed by atoms with E-state index >= 15 is 0 Å². The molecule has 0 saturated heterocycles. The maximum atomic E-state index is 13.0. The number of methoxy groups -OCH3 is 1. The number of ether oxygens (including phenoxy) is 1. The summed E-state index contributed by atoms with van der Waals surface area (Å²) in [6.07, 6.45) is 2.07. The molecule has 27 heavy (non-hydrogen) atoms. The van der Waals surface area contributed by atoms with Crippen molar-refractivity contribution in [2.24, 2.45) is 7.05 Å². The van der Waals surface area contributed by atoms with Crippen molar-refractivity contribution in [1.29, 1.82) is 0 Å². The van der Waals surface area contributed by atoms with Gasteiger partial charge in [0.25, 0.3) is 5.56 Å². The minimum atomic E-state index is -0.170. The van der Waals surface area contributed by atoms with E-state index in [4.69, 9.17) is 4.74 Å². The highest BCUT2D eigenvalue weighted by atomic mass is 16.5. The van der Waals surface area contributed by atoms with Gasteiger partial charge in [-0.1, -0.05) is 6.07 Å². The molecule has 0 bridgehead atoms. The molecule has 4 rings (SSSR count). The van der Waals surface area contributed by atoms with Crippen molar-refractivity contribution < 1.29 is 14.9 Å². The van der Waals surface area contributed by atoms with Crippen LogP contribution in [0.2, 0.25) is 0 Å². The zero-order chi connectivity index (χ0) is 19.1. The molecule has 0 amide bonds. The summed E-state index contributed by atoms with van der Waals surface area (Å²) in [4.78, 5) is 17.5. The Balaban J connectivity index is 1.75. The van der Waals surface area contributed by atoms with Gasteiger partial charge in [-0.3, -0.25) is 9.36 Å². The number of hydrogen-bond acceptors (Lipinski definition) is 5. The Labute approximate surface area is 154 Å². The predicted octanol–water partition coefficient (Wildman–Crippen LogP) is 2.55. The second-order valence-electron chi connectivity index (χ2n) is 6.46. The molecule has 2 aromatic carbocycles. The highest BCUT2D eigenvalue weighted by Crippen LogP contribution is 2.28. The molecule has 0 spiro atoms. The molecule has 0 atom stereocenters. The fraction of sp³-hybridized carbons (Fsp3) is 0.200. The quantitative estimate of drug-likeness (QED) is 0.543.